The van der Waals surface area contributed by atoms with E-state index in [9.17, 15) is 4.79 Å². The van der Waals surface area contributed by atoms with Crippen molar-refractivity contribution < 1.29 is 4.79 Å². The molecule has 5 nitrogen and oxygen atoms in total. The van der Waals surface area contributed by atoms with E-state index in [-0.39, 0.29) is 11.9 Å². The second-order valence-electron chi connectivity index (χ2n) is 3.72. The van der Waals surface area contributed by atoms with Crippen molar-refractivity contribution in [2.75, 3.05) is 0 Å². The van der Waals surface area contributed by atoms with Crippen LogP contribution in [0.4, 0.5) is 0 Å². The van der Waals surface area contributed by atoms with Crippen molar-refractivity contribution in [3.05, 3.63) is 18.2 Å². The van der Waals surface area contributed by atoms with Gasteiger partial charge < -0.3 is 16.0 Å². The van der Waals surface area contributed by atoms with Crippen LogP contribution < -0.4 is 11.1 Å². The smallest absolute Gasteiger partial charge is 0.220 e. The first-order valence-electron chi connectivity index (χ1n) is 5.18. The van der Waals surface area contributed by atoms with Crippen molar-refractivity contribution in [1.29, 1.82) is 0 Å². The Kier molecular flexibility index (Phi) is 4.83. The summed E-state index contributed by atoms with van der Waals surface area (Å²) in [5, 5.41) is 2.81. The molecule has 1 unspecified atom stereocenters. The van der Waals surface area contributed by atoms with Gasteiger partial charge in [-0.1, -0.05) is 0 Å². The molecular formula is C10H18N4O. The minimum atomic E-state index is 0.0604. The van der Waals surface area contributed by atoms with Crippen molar-refractivity contribution in [2.45, 2.75) is 38.8 Å². The van der Waals surface area contributed by atoms with Crippen LogP contribution >= 0.6 is 0 Å². The summed E-state index contributed by atoms with van der Waals surface area (Å²) in [6.07, 6.45) is 5.56. The number of hydrogen-bond acceptors (Lipinski definition) is 3. The molecule has 0 saturated heterocycles. The molecule has 84 valence electrons. The Morgan fingerprint density at radius 3 is 3.13 bits per heavy atom. The fourth-order valence-corrected chi connectivity index (χ4v) is 1.25. The Morgan fingerprint density at radius 1 is 1.73 bits per heavy atom. The molecule has 0 aliphatic carbocycles. The lowest BCUT2D eigenvalue weighted by Crippen LogP contribution is -2.23. The fraction of sp³-hybridized carbons (Fsp3) is 0.600. The number of imidazole rings is 1. The zero-order chi connectivity index (χ0) is 11.1. The van der Waals surface area contributed by atoms with E-state index in [0.717, 1.165) is 18.5 Å². The van der Waals surface area contributed by atoms with Gasteiger partial charge in [-0.05, 0) is 19.8 Å². The number of rotatable bonds is 6. The van der Waals surface area contributed by atoms with Gasteiger partial charge in [0.2, 0.25) is 5.91 Å². The average Bonchev–Trinajstić information content (AvgIpc) is 2.66. The van der Waals surface area contributed by atoms with Gasteiger partial charge in [0.1, 0.15) is 0 Å². The molecule has 5 heteroatoms. The minimum Gasteiger partial charge on any atom is -0.350 e. The highest BCUT2D eigenvalue weighted by atomic mass is 16.1. The van der Waals surface area contributed by atoms with Gasteiger partial charge in [-0.25, -0.2) is 4.98 Å². The Hall–Kier alpha value is -1.36. The van der Waals surface area contributed by atoms with Crippen LogP contribution in [-0.2, 0) is 11.3 Å². The zero-order valence-corrected chi connectivity index (χ0v) is 8.99. The maximum absolute atomic E-state index is 11.3. The van der Waals surface area contributed by atoms with Gasteiger partial charge in [0.15, 0.2) is 0 Å². The van der Waals surface area contributed by atoms with E-state index in [1.807, 2.05) is 6.92 Å². The van der Waals surface area contributed by atoms with Crippen molar-refractivity contribution >= 4 is 5.91 Å². The second-order valence-corrected chi connectivity index (χ2v) is 3.72. The highest BCUT2D eigenvalue weighted by molar-refractivity contribution is 5.75. The largest absolute Gasteiger partial charge is 0.350 e. The van der Waals surface area contributed by atoms with E-state index >= 15 is 0 Å². The fourth-order valence-electron chi connectivity index (χ4n) is 1.25. The van der Waals surface area contributed by atoms with Crippen LogP contribution in [0.5, 0.6) is 0 Å². The van der Waals surface area contributed by atoms with Crippen molar-refractivity contribution in [2.24, 2.45) is 5.73 Å². The third-order valence-corrected chi connectivity index (χ3v) is 2.09. The van der Waals surface area contributed by atoms with E-state index in [1.54, 1.807) is 12.5 Å². The first kappa shape index (κ1) is 11.7. The molecular weight excluding hydrogens is 192 g/mol. The molecule has 0 spiro atoms. The summed E-state index contributed by atoms with van der Waals surface area (Å²) in [5.41, 5.74) is 6.50. The quantitative estimate of drug-likeness (QED) is 0.641. The highest BCUT2D eigenvalue weighted by Gasteiger charge is 2.02. The van der Waals surface area contributed by atoms with Gasteiger partial charge in [-0.15, -0.1) is 0 Å². The van der Waals surface area contributed by atoms with Crippen LogP contribution in [0, 0.1) is 0 Å². The van der Waals surface area contributed by atoms with E-state index in [0.29, 0.717) is 13.0 Å². The first-order valence-corrected chi connectivity index (χ1v) is 5.18. The SMILES string of the molecule is CC(N)CCCC(=O)NCc1cnc[nH]1. The van der Waals surface area contributed by atoms with Gasteiger partial charge in [0, 0.05) is 18.7 Å². The maximum Gasteiger partial charge on any atom is 0.220 e. The number of nitrogens with two attached hydrogens (primary N) is 1. The van der Waals surface area contributed by atoms with Crippen molar-refractivity contribution in [1.82, 2.24) is 15.3 Å². The molecule has 0 radical (unpaired) electrons. The second kappa shape index (κ2) is 6.19. The predicted octanol–water partition coefficient (Wildman–Crippen LogP) is 0.543. The van der Waals surface area contributed by atoms with E-state index in [4.69, 9.17) is 5.73 Å². The number of aromatic nitrogens is 2. The van der Waals surface area contributed by atoms with Gasteiger partial charge in [0.05, 0.1) is 18.6 Å². The Labute approximate surface area is 89.5 Å². The number of carbonyl (C=O) groups excluding carboxylic acids is 1. The Balaban J connectivity index is 2.09. The molecule has 0 bridgehead atoms. The molecule has 1 aromatic rings. The number of hydrogen-bond donors (Lipinski definition) is 3. The molecule has 1 amide bonds. The molecule has 15 heavy (non-hydrogen) atoms. The monoisotopic (exact) mass is 210 g/mol. The predicted molar refractivity (Wildman–Crippen MR) is 57.9 cm³/mol. The summed E-state index contributed by atoms with van der Waals surface area (Å²) in [7, 11) is 0. The molecule has 0 aromatic carbocycles. The van der Waals surface area contributed by atoms with Gasteiger partial charge in [-0.3, -0.25) is 4.79 Å². The summed E-state index contributed by atoms with van der Waals surface area (Å²) in [6.45, 7) is 2.46. The van der Waals surface area contributed by atoms with E-state index in [2.05, 4.69) is 15.3 Å². The van der Waals surface area contributed by atoms with E-state index < -0.39 is 0 Å². The highest BCUT2D eigenvalue weighted by Crippen LogP contribution is 1.98. The minimum absolute atomic E-state index is 0.0604. The molecule has 0 fully saturated rings. The number of nitrogens with one attached hydrogen (secondary N) is 2. The molecule has 1 rings (SSSR count). The Bertz CT molecular complexity index is 282. The van der Waals surface area contributed by atoms with Gasteiger partial charge in [-0.2, -0.15) is 0 Å². The lowest BCUT2D eigenvalue weighted by atomic mass is 10.1. The number of H-pyrrole nitrogens is 1. The van der Waals surface area contributed by atoms with Gasteiger partial charge >= 0.3 is 0 Å². The first-order chi connectivity index (χ1) is 7.18. The van der Waals surface area contributed by atoms with Crippen LogP contribution in [0.15, 0.2) is 12.5 Å². The summed E-state index contributed by atoms with van der Waals surface area (Å²) in [5.74, 6) is 0.0604. The Morgan fingerprint density at radius 2 is 2.53 bits per heavy atom. The molecule has 0 aliphatic rings. The summed E-state index contributed by atoms with van der Waals surface area (Å²) >= 11 is 0. The number of aromatic amines is 1. The standard InChI is InChI=1S/C10H18N4O/c1-8(11)3-2-4-10(15)13-6-9-5-12-7-14-9/h5,7-8H,2-4,6,11H2,1H3,(H,12,14)(H,13,15). The third-order valence-electron chi connectivity index (χ3n) is 2.09. The molecule has 1 heterocycles. The maximum atomic E-state index is 11.3. The number of carbonyl (C=O) groups is 1. The van der Waals surface area contributed by atoms with Crippen LogP contribution in [-0.4, -0.2) is 21.9 Å². The lowest BCUT2D eigenvalue weighted by molar-refractivity contribution is -0.121. The summed E-state index contributed by atoms with van der Waals surface area (Å²) < 4.78 is 0. The molecule has 0 aliphatic heterocycles. The number of nitrogens with zero attached hydrogens (tertiary/aromatic N) is 1. The molecule has 4 N–H and O–H groups in total. The normalized spacial score (nSPS) is 12.4. The third kappa shape index (κ3) is 5.17. The van der Waals surface area contributed by atoms with Crippen LogP contribution in [0.1, 0.15) is 31.9 Å². The number of amides is 1. The topological polar surface area (TPSA) is 83.8 Å². The molecule has 1 atom stereocenters. The van der Waals surface area contributed by atoms with E-state index in [1.165, 1.54) is 0 Å². The van der Waals surface area contributed by atoms with Crippen molar-refractivity contribution in [3.8, 4) is 0 Å². The van der Waals surface area contributed by atoms with Crippen LogP contribution in [0.2, 0.25) is 0 Å². The van der Waals surface area contributed by atoms with Crippen LogP contribution in [0.25, 0.3) is 0 Å². The lowest BCUT2D eigenvalue weighted by Gasteiger charge is -2.05. The molecule has 1 aromatic heterocycles. The average molecular weight is 210 g/mol. The van der Waals surface area contributed by atoms with Crippen LogP contribution in [0.3, 0.4) is 0 Å². The van der Waals surface area contributed by atoms with Gasteiger partial charge in [0.25, 0.3) is 0 Å². The summed E-state index contributed by atoms with van der Waals surface area (Å²) in [4.78, 5) is 18.1. The zero-order valence-electron chi connectivity index (χ0n) is 8.99. The molecule has 0 saturated carbocycles. The van der Waals surface area contributed by atoms with Crippen molar-refractivity contribution in [3.63, 3.8) is 0 Å². The summed E-state index contributed by atoms with van der Waals surface area (Å²) in [6, 6.07) is 0.172.